The Morgan fingerprint density at radius 1 is 1.38 bits per heavy atom. The van der Waals surface area contributed by atoms with E-state index >= 15 is 0 Å². The molecule has 0 bridgehead atoms. The van der Waals surface area contributed by atoms with Crippen molar-refractivity contribution in [3.8, 4) is 0 Å². The SMILES string of the molecule is O=S(=O)(CCl)NCC1CCSCC1. The highest BCUT2D eigenvalue weighted by atomic mass is 35.5. The molecule has 1 N–H and O–H groups in total. The average molecular weight is 244 g/mol. The number of thioether (sulfide) groups is 1. The molecule has 0 unspecified atom stereocenters. The Balaban J connectivity index is 2.25. The van der Waals surface area contributed by atoms with Gasteiger partial charge < -0.3 is 0 Å². The molecule has 1 rings (SSSR count). The van der Waals surface area contributed by atoms with Gasteiger partial charge in [0.1, 0.15) is 5.21 Å². The molecule has 1 fully saturated rings. The highest BCUT2D eigenvalue weighted by molar-refractivity contribution is 7.99. The molecule has 0 spiro atoms. The Labute approximate surface area is 88.7 Å². The molecule has 0 aliphatic carbocycles. The normalized spacial score (nSPS) is 20.4. The minimum atomic E-state index is -3.21. The third-order valence-electron chi connectivity index (χ3n) is 2.08. The van der Waals surface area contributed by atoms with E-state index in [1.807, 2.05) is 11.8 Å². The van der Waals surface area contributed by atoms with Gasteiger partial charge in [-0.15, -0.1) is 11.6 Å². The minimum Gasteiger partial charge on any atom is -0.214 e. The first-order valence-electron chi connectivity index (χ1n) is 4.25. The van der Waals surface area contributed by atoms with Gasteiger partial charge in [0.15, 0.2) is 0 Å². The molecule has 78 valence electrons. The van der Waals surface area contributed by atoms with Crippen molar-refractivity contribution in [2.75, 3.05) is 23.3 Å². The molecule has 1 heterocycles. The molecular formula is C7H14ClNO2S2. The number of hydrogen-bond donors (Lipinski definition) is 1. The summed E-state index contributed by atoms with van der Waals surface area (Å²) in [6.45, 7) is 0.551. The van der Waals surface area contributed by atoms with Gasteiger partial charge >= 0.3 is 0 Å². The van der Waals surface area contributed by atoms with Gasteiger partial charge in [-0.1, -0.05) is 0 Å². The van der Waals surface area contributed by atoms with Crippen molar-refractivity contribution >= 4 is 33.4 Å². The van der Waals surface area contributed by atoms with Crippen LogP contribution in [0.15, 0.2) is 0 Å². The number of nitrogens with one attached hydrogen (secondary N) is 1. The maximum Gasteiger partial charge on any atom is 0.225 e. The van der Waals surface area contributed by atoms with Gasteiger partial charge in [0.05, 0.1) is 0 Å². The lowest BCUT2D eigenvalue weighted by Gasteiger charge is -2.21. The zero-order valence-corrected chi connectivity index (χ0v) is 9.72. The Bertz CT molecular complexity index is 237. The first kappa shape index (κ1) is 11.6. The number of sulfonamides is 1. The van der Waals surface area contributed by atoms with Crippen LogP contribution in [0.1, 0.15) is 12.8 Å². The van der Waals surface area contributed by atoms with Gasteiger partial charge in [0, 0.05) is 6.54 Å². The third kappa shape index (κ3) is 4.54. The Morgan fingerprint density at radius 3 is 2.54 bits per heavy atom. The fourth-order valence-corrected chi connectivity index (χ4v) is 3.24. The lowest BCUT2D eigenvalue weighted by Crippen LogP contribution is -2.31. The number of halogens is 1. The van der Waals surface area contributed by atoms with E-state index in [-0.39, 0.29) is 5.21 Å². The number of alkyl halides is 1. The highest BCUT2D eigenvalue weighted by Crippen LogP contribution is 2.21. The zero-order valence-electron chi connectivity index (χ0n) is 7.33. The maximum atomic E-state index is 11.0. The number of rotatable bonds is 4. The summed E-state index contributed by atoms with van der Waals surface area (Å²) in [5.74, 6) is 2.79. The van der Waals surface area contributed by atoms with Crippen LogP contribution in [0, 0.1) is 5.92 Å². The molecule has 1 aliphatic rings. The van der Waals surface area contributed by atoms with Gasteiger partial charge in [-0.2, -0.15) is 11.8 Å². The van der Waals surface area contributed by atoms with Crippen LogP contribution in [0.5, 0.6) is 0 Å². The molecule has 0 amide bonds. The predicted octanol–water partition coefficient (Wildman–Crippen LogP) is 1.25. The molecule has 1 aliphatic heterocycles. The van der Waals surface area contributed by atoms with Crippen LogP contribution in [-0.2, 0) is 10.0 Å². The quantitative estimate of drug-likeness (QED) is 0.756. The molecule has 0 aromatic carbocycles. The number of hydrogen-bond acceptors (Lipinski definition) is 3. The lowest BCUT2D eigenvalue weighted by molar-refractivity contribution is 0.477. The predicted molar refractivity (Wildman–Crippen MR) is 57.7 cm³/mol. The minimum absolute atomic E-state index is 0.339. The van der Waals surface area contributed by atoms with E-state index in [0.717, 1.165) is 24.3 Å². The Hall–Kier alpha value is 0.550. The van der Waals surface area contributed by atoms with Crippen molar-refractivity contribution in [2.45, 2.75) is 12.8 Å². The van der Waals surface area contributed by atoms with E-state index in [2.05, 4.69) is 4.72 Å². The summed E-state index contributed by atoms with van der Waals surface area (Å²) in [5, 5.41) is -0.339. The molecule has 0 aromatic rings. The van der Waals surface area contributed by atoms with Crippen LogP contribution in [0.25, 0.3) is 0 Å². The molecule has 0 aromatic heterocycles. The van der Waals surface area contributed by atoms with Crippen molar-refractivity contribution in [1.29, 1.82) is 0 Å². The molecule has 6 heteroatoms. The molecule has 0 saturated carbocycles. The van der Waals surface area contributed by atoms with E-state index < -0.39 is 10.0 Å². The summed E-state index contributed by atoms with van der Waals surface area (Å²) in [4.78, 5) is 0. The molecule has 13 heavy (non-hydrogen) atoms. The molecular weight excluding hydrogens is 230 g/mol. The van der Waals surface area contributed by atoms with Crippen LogP contribution in [0.2, 0.25) is 0 Å². The van der Waals surface area contributed by atoms with E-state index in [1.165, 1.54) is 0 Å². The van der Waals surface area contributed by atoms with E-state index in [4.69, 9.17) is 11.6 Å². The monoisotopic (exact) mass is 243 g/mol. The summed E-state index contributed by atoms with van der Waals surface area (Å²) in [6.07, 6.45) is 2.21. The average Bonchev–Trinajstić information content (AvgIpc) is 2.17. The van der Waals surface area contributed by atoms with Gasteiger partial charge in [-0.3, -0.25) is 0 Å². The maximum absolute atomic E-state index is 11.0. The molecule has 1 saturated heterocycles. The van der Waals surface area contributed by atoms with Crippen molar-refractivity contribution in [3.05, 3.63) is 0 Å². The van der Waals surface area contributed by atoms with Gasteiger partial charge in [0.25, 0.3) is 0 Å². The van der Waals surface area contributed by atoms with Crippen LogP contribution in [0.3, 0.4) is 0 Å². The second-order valence-corrected chi connectivity index (χ2v) is 6.74. The van der Waals surface area contributed by atoms with Crippen molar-refractivity contribution in [1.82, 2.24) is 4.72 Å². The zero-order chi connectivity index (χ0) is 9.73. The largest absolute Gasteiger partial charge is 0.225 e. The van der Waals surface area contributed by atoms with Crippen LogP contribution < -0.4 is 4.72 Å². The highest BCUT2D eigenvalue weighted by Gasteiger charge is 2.16. The van der Waals surface area contributed by atoms with Gasteiger partial charge in [-0.25, -0.2) is 13.1 Å². The summed E-state index contributed by atoms with van der Waals surface area (Å²) < 4.78 is 24.5. The van der Waals surface area contributed by atoms with Crippen LogP contribution in [-0.4, -0.2) is 31.7 Å². The standard InChI is InChI=1S/C7H14ClNO2S2/c8-6-13(10,11)9-5-7-1-3-12-4-2-7/h7,9H,1-6H2. The van der Waals surface area contributed by atoms with Gasteiger partial charge in [0.2, 0.25) is 10.0 Å². The first-order valence-corrected chi connectivity index (χ1v) is 7.59. The summed E-state index contributed by atoms with van der Waals surface area (Å²) >= 11 is 7.19. The Kier molecular flexibility index (Phi) is 4.86. The molecule has 3 nitrogen and oxygen atoms in total. The Morgan fingerprint density at radius 2 is 2.00 bits per heavy atom. The topological polar surface area (TPSA) is 46.2 Å². The summed E-state index contributed by atoms with van der Waals surface area (Å²) in [6, 6.07) is 0. The lowest BCUT2D eigenvalue weighted by atomic mass is 10.0. The second kappa shape index (κ2) is 5.44. The summed E-state index contributed by atoms with van der Waals surface area (Å²) in [7, 11) is -3.21. The van der Waals surface area contributed by atoms with Crippen molar-refractivity contribution in [3.63, 3.8) is 0 Å². The fraction of sp³-hybridized carbons (Fsp3) is 1.00. The van der Waals surface area contributed by atoms with E-state index in [1.54, 1.807) is 0 Å². The smallest absolute Gasteiger partial charge is 0.214 e. The molecule has 0 atom stereocenters. The van der Waals surface area contributed by atoms with Crippen LogP contribution in [0.4, 0.5) is 0 Å². The van der Waals surface area contributed by atoms with E-state index in [9.17, 15) is 8.42 Å². The summed E-state index contributed by atoms with van der Waals surface area (Å²) in [5.41, 5.74) is 0. The van der Waals surface area contributed by atoms with Crippen LogP contribution >= 0.6 is 23.4 Å². The van der Waals surface area contributed by atoms with E-state index in [0.29, 0.717) is 12.5 Å². The molecule has 0 radical (unpaired) electrons. The second-order valence-electron chi connectivity index (χ2n) is 3.13. The first-order chi connectivity index (χ1) is 6.14. The third-order valence-corrected chi connectivity index (χ3v) is 4.88. The van der Waals surface area contributed by atoms with Crippen molar-refractivity contribution < 1.29 is 8.42 Å². The fourth-order valence-electron chi connectivity index (χ4n) is 1.23. The van der Waals surface area contributed by atoms with Gasteiger partial charge in [-0.05, 0) is 30.3 Å². The van der Waals surface area contributed by atoms with Crippen molar-refractivity contribution in [2.24, 2.45) is 5.92 Å².